The number of amides is 2. The van der Waals surface area contributed by atoms with E-state index < -0.39 is 0 Å². The number of hydrogen-bond donors (Lipinski definition) is 3. The second kappa shape index (κ2) is 6.85. The molecule has 0 spiro atoms. The van der Waals surface area contributed by atoms with Gasteiger partial charge in [0.2, 0.25) is 11.8 Å². The van der Waals surface area contributed by atoms with Gasteiger partial charge in [-0.05, 0) is 47.8 Å². The lowest BCUT2D eigenvalue weighted by atomic mass is 10.3. The first-order valence-corrected chi connectivity index (χ1v) is 7.43. The van der Waals surface area contributed by atoms with Crippen molar-refractivity contribution in [2.24, 2.45) is 0 Å². The molecule has 3 N–H and O–H groups in total. The van der Waals surface area contributed by atoms with E-state index >= 15 is 0 Å². The zero-order chi connectivity index (χ0) is 14.5. The van der Waals surface area contributed by atoms with Crippen LogP contribution in [0.25, 0.3) is 0 Å². The molecule has 1 aliphatic rings. The molecule has 108 valence electrons. The van der Waals surface area contributed by atoms with Crippen molar-refractivity contribution in [1.29, 1.82) is 0 Å². The minimum Gasteiger partial charge on any atom is -0.352 e. The fourth-order valence-electron chi connectivity index (χ4n) is 1.65. The zero-order valence-electron chi connectivity index (χ0n) is 11.3. The Hall–Kier alpha value is -1.40. The Balaban J connectivity index is 1.74. The second-order valence-electron chi connectivity index (χ2n) is 4.91. The van der Waals surface area contributed by atoms with Crippen LogP contribution in [0.4, 0.5) is 5.69 Å². The van der Waals surface area contributed by atoms with E-state index in [1.54, 1.807) is 6.92 Å². The largest absolute Gasteiger partial charge is 0.352 e. The average molecular weight is 340 g/mol. The van der Waals surface area contributed by atoms with Crippen molar-refractivity contribution in [2.75, 3.05) is 11.9 Å². The number of benzene rings is 1. The monoisotopic (exact) mass is 339 g/mol. The molecule has 0 heterocycles. The summed E-state index contributed by atoms with van der Waals surface area (Å²) in [6, 6.07) is 7.35. The van der Waals surface area contributed by atoms with Gasteiger partial charge in [-0.25, -0.2) is 0 Å². The number of hydrogen-bond acceptors (Lipinski definition) is 3. The van der Waals surface area contributed by atoms with E-state index in [9.17, 15) is 9.59 Å². The van der Waals surface area contributed by atoms with E-state index in [2.05, 4.69) is 31.9 Å². The Kier molecular flexibility index (Phi) is 5.14. The van der Waals surface area contributed by atoms with Gasteiger partial charge < -0.3 is 10.6 Å². The third kappa shape index (κ3) is 4.61. The van der Waals surface area contributed by atoms with Gasteiger partial charge in [0.25, 0.3) is 0 Å². The number of para-hydroxylation sites is 1. The van der Waals surface area contributed by atoms with E-state index in [-0.39, 0.29) is 24.4 Å². The molecular weight excluding hydrogens is 322 g/mol. The Morgan fingerprint density at radius 3 is 2.70 bits per heavy atom. The predicted molar refractivity (Wildman–Crippen MR) is 81.4 cm³/mol. The first kappa shape index (κ1) is 15.0. The van der Waals surface area contributed by atoms with Crippen LogP contribution >= 0.6 is 15.9 Å². The van der Waals surface area contributed by atoms with E-state index in [0.717, 1.165) is 23.0 Å². The Morgan fingerprint density at radius 1 is 1.35 bits per heavy atom. The van der Waals surface area contributed by atoms with Crippen LogP contribution in [0.1, 0.15) is 19.8 Å². The topological polar surface area (TPSA) is 70.2 Å². The lowest BCUT2D eigenvalue weighted by Gasteiger charge is -2.14. The van der Waals surface area contributed by atoms with Crippen molar-refractivity contribution in [3.63, 3.8) is 0 Å². The van der Waals surface area contributed by atoms with Gasteiger partial charge in [0.05, 0.1) is 18.3 Å². The summed E-state index contributed by atoms with van der Waals surface area (Å²) in [4.78, 5) is 23.5. The van der Waals surface area contributed by atoms with Gasteiger partial charge in [-0.2, -0.15) is 0 Å². The van der Waals surface area contributed by atoms with Crippen molar-refractivity contribution < 1.29 is 9.59 Å². The minimum atomic E-state index is -0.374. The Morgan fingerprint density at radius 2 is 2.05 bits per heavy atom. The van der Waals surface area contributed by atoms with Crippen molar-refractivity contribution in [3.8, 4) is 0 Å². The molecular formula is C14H18BrN3O2. The summed E-state index contributed by atoms with van der Waals surface area (Å²) in [5, 5.41) is 8.59. The quantitative estimate of drug-likeness (QED) is 0.737. The molecule has 1 atom stereocenters. The molecule has 0 bridgehead atoms. The number of carbonyl (C=O) groups excluding carboxylic acids is 2. The first-order valence-electron chi connectivity index (χ1n) is 6.64. The summed E-state index contributed by atoms with van der Waals surface area (Å²) in [6.07, 6.45) is 2.11. The summed E-state index contributed by atoms with van der Waals surface area (Å²) in [5.74, 6) is -0.232. The molecule has 1 aromatic carbocycles. The summed E-state index contributed by atoms with van der Waals surface area (Å²) in [5.41, 5.74) is 0.717. The van der Waals surface area contributed by atoms with E-state index in [4.69, 9.17) is 0 Å². The fraction of sp³-hybridized carbons (Fsp3) is 0.429. The normalized spacial score (nSPS) is 15.5. The van der Waals surface area contributed by atoms with Crippen LogP contribution in [0.15, 0.2) is 28.7 Å². The molecule has 0 aromatic heterocycles. The van der Waals surface area contributed by atoms with Crippen LogP contribution in [-0.2, 0) is 9.59 Å². The molecule has 2 amide bonds. The predicted octanol–water partition coefficient (Wildman–Crippen LogP) is 1.64. The highest BCUT2D eigenvalue weighted by atomic mass is 79.9. The van der Waals surface area contributed by atoms with Crippen LogP contribution in [0.5, 0.6) is 0 Å². The third-order valence-corrected chi connectivity index (χ3v) is 3.73. The molecule has 1 aliphatic carbocycles. The summed E-state index contributed by atoms with van der Waals surface area (Å²) in [7, 11) is 0. The molecule has 1 aromatic rings. The van der Waals surface area contributed by atoms with Crippen LogP contribution in [0.2, 0.25) is 0 Å². The van der Waals surface area contributed by atoms with Gasteiger partial charge in [0, 0.05) is 10.5 Å². The second-order valence-corrected chi connectivity index (χ2v) is 5.77. The molecule has 0 radical (unpaired) electrons. The highest BCUT2D eigenvalue weighted by Gasteiger charge is 2.25. The number of halogens is 1. The van der Waals surface area contributed by atoms with Crippen LogP contribution in [0.3, 0.4) is 0 Å². The standard InChI is InChI=1S/C14H18BrN3O2/c1-9(14(20)17-10-6-7-10)16-8-13(19)18-12-5-3-2-4-11(12)15/h2-5,9-10,16H,6-8H2,1H3,(H,17,20)(H,18,19). The fourth-order valence-corrected chi connectivity index (χ4v) is 2.03. The molecule has 1 fully saturated rings. The third-order valence-electron chi connectivity index (χ3n) is 3.03. The molecule has 6 heteroatoms. The molecule has 1 unspecified atom stereocenters. The van der Waals surface area contributed by atoms with Crippen LogP contribution in [0, 0.1) is 0 Å². The summed E-state index contributed by atoms with van der Waals surface area (Å²) < 4.78 is 0.827. The van der Waals surface area contributed by atoms with E-state index in [1.807, 2.05) is 24.3 Å². The number of anilines is 1. The van der Waals surface area contributed by atoms with Crippen molar-refractivity contribution in [2.45, 2.75) is 31.8 Å². The summed E-state index contributed by atoms with van der Waals surface area (Å²) >= 11 is 3.36. The Bertz CT molecular complexity index is 503. The maximum Gasteiger partial charge on any atom is 0.238 e. The lowest BCUT2D eigenvalue weighted by molar-refractivity contribution is -0.123. The molecule has 0 saturated heterocycles. The lowest BCUT2D eigenvalue weighted by Crippen LogP contribution is -2.45. The average Bonchev–Trinajstić information content (AvgIpc) is 3.22. The molecule has 5 nitrogen and oxygen atoms in total. The SMILES string of the molecule is CC(NCC(=O)Nc1ccccc1Br)C(=O)NC1CC1. The van der Waals surface area contributed by atoms with E-state index in [1.165, 1.54) is 0 Å². The molecule has 2 rings (SSSR count). The smallest absolute Gasteiger partial charge is 0.238 e. The van der Waals surface area contributed by atoms with Gasteiger partial charge in [-0.1, -0.05) is 12.1 Å². The van der Waals surface area contributed by atoms with Gasteiger partial charge in [0.15, 0.2) is 0 Å². The molecule has 0 aliphatic heterocycles. The van der Waals surface area contributed by atoms with Crippen LogP contribution in [-0.4, -0.2) is 30.4 Å². The summed E-state index contributed by atoms with van der Waals surface area (Å²) in [6.45, 7) is 1.85. The number of carbonyl (C=O) groups is 2. The first-order chi connectivity index (χ1) is 9.56. The molecule has 20 heavy (non-hydrogen) atoms. The van der Waals surface area contributed by atoms with Crippen molar-refractivity contribution in [1.82, 2.24) is 10.6 Å². The van der Waals surface area contributed by atoms with Gasteiger partial charge in [0.1, 0.15) is 0 Å². The maximum atomic E-state index is 11.8. The number of rotatable bonds is 6. The Labute approximate surface area is 126 Å². The van der Waals surface area contributed by atoms with Crippen LogP contribution < -0.4 is 16.0 Å². The molecule has 1 saturated carbocycles. The highest BCUT2D eigenvalue weighted by Crippen LogP contribution is 2.21. The van der Waals surface area contributed by atoms with Crippen molar-refractivity contribution >= 4 is 33.4 Å². The van der Waals surface area contributed by atoms with Gasteiger partial charge >= 0.3 is 0 Å². The highest BCUT2D eigenvalue weighted by molar-refractivity contribution is 9.10. The van der Waals surface area contributed by atoms with Crippen molar-refractivity contribution in [3.05, 3.63) is 28.7 Å². The number of nitrogens with one attached hydrogen (secondary N) is 3. The minimum absolute atomic E-state index is 0.0545. The maximum absolute atomic E-state index is 11.8. The zero-order valence-corrected chi connectivity index (χ0v) is 12.9. The van der Waals surface area contributed by atoms with E-state index in [0.29, 0.717) is 6.04 Å². The van der Waals surface area contributed by atoms with Gasteiger partial charge in [-0.15, -0.1) is 0 Å². The van der Waals surface area contributed by atoms with Gasteiger partial charge in [-0.3, -0.25) is 14.9 Å².